The van der Waals surface area contributed by atoms with Gasteiger partial charge in [0.2, 0.25) is 0 Å². The molecule has 2 heterocycles. The number of nitrogens with one attached hydrogen (secondary N) is 1. The molecule has 2 unspecified atom stereocenters. The molecule has 1 N–H and O–H groups in total. The SMILES string of the molecule is CCS(=O)(=O)C1CSCCN1CC1(C)CCCN1. The van der Waals surface area contributed by atoms with Crippen LogP contribution in [-0.4, -0.2) is 61.1 Å². The first-order valence-corrected chi connectivity index (χ1v) is 9.62. The summed E-state index contributed by atoms with van der Waals surface area (Å²) < 4.78 is 24.3. The molecule has 0 aromatic rings. The zero-order valence-corrected chi connectivity index (χ0v) is 12.9. The Morgan fingerprint density at radius 3 is 2.89 bits per heavy atom. The minimum Gasteiger partial charge on any atom is -0.310 e. The second-order valence-corrected chi connectivity index (χ2v) is 9.14. The fourth-order valence-electron chi connectivity index (χ4n) is 2.86. The van der Waals surface area contributed by atoms with Crippen LogP contribution >= 0.6 is 11.8 Å². The van der Waals surface area contributed by atoms with Crippen molar-refractivity contribution in [1.29, 1.82) is 0 Å². The van der Waals surface area contributed by atoms with Crippen LogP contribution < -0.4 is 5.32 Å². The Balaban J connectivity index is 2.08. The van der Waals surface area contributed by atoms with E-state index in [-0.39, 0.29) is 16.7 Å². The van der Waals surface area contributed by atoms with Crippen LogP contribution in [0.15, 0.2) is 0 Å². The summed E-state index contributed by atoms with van der Waals surface area (Å²) in [6.07, 6.45) is 2.35. The lowest BCUT2D eigenvalue weighted by Crippen LogP contribution is -2.55. The highest BCUT2D eigenvalue weighted by Gasteiger charge is 2.38. The van der Waals surface area contributed by atoms with E-state index in [9.17, 15) is 8.42 Å². The molecule has 0 aromatic carbocycles. The van der Waals surface area contributed by atoms with Crippen LogP contribution in [0.4, 0.5) is 0 Å². The van der Waals surface area contributed by atoms with Crippen molar-refractivity contribution in [3.63, 3.8) is 0 Å². The Morgan fingerprint density at radius 1 is 1.50 bits per heavy atom. The van der Waals surface area contributed by atoms with Crippen LogP contribution in [-0.2, 0) is 9.84 Å². The van der Waals surface area contributed by atoms with Gasteiger partial charge < -0.3 is 5.32 Å². The van der Waals surface area contributed by atoms with Gasteiger partial charge in [0.15, 0.2) is 9.84 Å². The Hall–Kier alpha value is 0.220. The Bertz CT molecular complexity index is 378. The van der Waals surface area contributed by atoms with Crippen molar-refractivity contribution in [1.82, 2.24) is 10.2 Å². The van der Waals surface area contributed by atoms with E-state index in [1.807, 2.05) is 0 Å². The molecule has 0 aliphatic carbocycles. The van der Waals surface area contributed by atoms with Crippen LogP contribution in [0.2, 0.25) is 0 Å². The molecule has 2 saturated heterocycles. The van der Waals surface area contributed by atoms with Gasteiger partial charge in [-0.05, 0) is 26.3 Å². The molecule has 0 amide bonds. The first-order chi connectivity index (χ1) is 8.47. The summed E-state index contributed by atoms with van der Waals surface area (Å²) in [4.78, 5) is 2.19. The van der Waals surface area contributed by atoms with Gasteiger partial charge in [-0.3, -0.25) is 4.90 Å². The lowest BCUT2D eigenvalue weighted by atomic mass is 10.00. The molecule has 0 bridgehead atoms. The average Bonchev–Trinajstić information content (AvgIpc) is 2.76. The average molecular weight is 292 g/mol. The summed E-state index contributed by atoms with van der Waals surface area (Å²) in [5.41, 5.74) is 0.101. The second kappa shape index (κ2) is 5.69. The number of rotatable bonds is 4. The standard InChI is InChI=1S/C12H24N2O2S2/c1-3-18(15,16)11-9-17-8-7-14(11)10-12(2)5-4-6-13-12/h11,13H,3-10H2,1-2H3. The van der Waals surface area contributed by atoms with Gasteiger partial charge in [0.1, 0.15) is 5.37 Å². The van der Waals surface area contributed by atoms with Crippen molar-refractivity contribution in [2.24, 2.45) is 0 Å². The van der Waals surface area contributed by atoms with Gasteiger partial charge in [-0.2, -0.15) is 11.8 Å². The van der Waals surface area contributed by atoms with Crippen molar-refractivity contribution < 1.29 is 8.42 Å². The Morgan fingerprint density at radius 2 is 2.28 bits per heavy atom. The highest BCUT2D eigenvalue weighted by Crippen LogP contribution is 2.26. The Kier molecular flexibility index (Phi) is 4.62. The summed E-state index contributed by atoms with van der Waals surface area (Å²) >= 11 is 1.76. The molecule has 2 aliphatic rings. The van der Waals surface area contributed by atoms with Gasteiger partial charge in [-0.1, -0.05) is 6.92 Å². The first kappa shape index (κ1) is 14.6. The highest BCUT2D eigenvalue weighted by atomic mass is 32.2. The Labute approximate surface area is 115 Å². The highest BCUT2D eigenvalue weighted by molar-refractivity contribution is 8.01. The van der Waals surface area contributed by atoms with Crippen LogP contribution in [0.25, 0.3) is 0 Å². The van der Waals surface area contributed by atoms with E-state index in [2.05, 4.69) is 17.1 Å². The minimum atomic E-state index is -2.96. The van der Waals surface area contributed by atoms with Gasteiger partial charge in [0.05, 0.1) is 0 Å². The van der Waals surface area contributed by atoms with E-state index in [4.69, 9.17) is 0 Å². The van der Waals surface area contributed by atoms with Gasteiger partial charge in [0.25, 0.3) is 0 Å². The molecule has 2 aliphatic heterocycles. The van der Waals surface area contributed by atoms with Crippen molar-refractivity contribution in [2.75, 3.05) is 36.9 Å². The van der Waals surface area contributed by atoms with Gasteiger partial charge in [0, 0.05) is 35.9 Å². The van der Waals surface area contributed by atoms with E-state index >= 15 is 0 Å². The van der Waals surface area contributed by atoms with Crippen LogP contribution in [0.5, 0.6) is 0 Å². The zero-order chi connectivity index (χ0) is 13.2. The molecule has 2 rings (SSSR count). The monoisotopic (exact) mass is 292 g/mol. The lowest BCUT2D eigenvalue weighted by Gasteiger charge is -2.39. The molecule has 2 fully saturated rings. The molecule has 0 radical (unpaired) electrons. The molecule has 0 saturated carbocycles. The smallest absolute Gasteiger partial charge is 0.166 e. The number of hydrogen-bond acceptors (Lipinski definition) is 5. The summed E-state index contributed by atoms with van der Waals surface area (Å²) in [5, 5.41) is 3.25. The maximum Gasteiger partial charge on any atom is 0.166 e. The van der Waals surface area contributed by atoms with Gasteiger partial charge in [-0.15, -0.1) is 0 Å². The van der Waals surface area contributed by atoms with Crippen molar-refractivity contribution in [2.45, 2.75) is 37.6 Å². The van der Waals surface area contributed by atoms with Gasteiger partial charge >= 0.3 is 0 Å². The van der Waals surface area contributed by atoms with Gasteiger partial charge in [-0.25, -0.2) is 8.42 Å². The van der Waals surface area contributed by atoms with E-state index in [1.54, 1.807) is 18.7 Å². The third kappa shape index (κ3) is 3.21. The third-order valence-electron chi connectivity index (χ3n) is 4.02. The summed E-state index contributed by atoms with van der Waals surface area (Å²) in [6, 6.07) is 0. The largest absolute Gasteiger partial charge is 0.310 e. The van der Waals surface area contributed by atoms with Crippen molar-refractivity contribution >= 4 is 21.6 Å². The predicted octanol–water partition coefficient (Wildman–Crippen LogP) is 0.938. The van der Waals surface area contributed by atoms with Crippen molar-refractivity contribution in [3.05, 3.63) is 0 Å². The quantitative estimate of drug-likeness (QED) is 0.835. The van der Waals surface area contributed by atoms with Crippen molar-refractivity contribution in [3.8, 4) is 0 Å². The van der Waals surface area contributed by atoms with E-state index in [1.165, 1.54) is 6.42 Å². The fraction of sp³-hybridized carbons (Fsp3) is 1.00. The molecule has 6 heteroatoms. The zero-order valence-electron chi connectivity index (χ0n) is 11.3. The normalized spacial score (nSPS) is 34.9. The number of hydrogen-bond donors (Lipinski definition) is 1. The molecular formula is C12H24N2O2S2. The topological polar surface area (TPSA) is 49.4 Å². The third-order valence-corrected chi connectivity index (χ3v) is 7.35. The first-order valence-electron chi connectivity index (χ1n) is 6.75. The number of nitrogens with zero attached hydrogens (tertiary/aromatic N) is 1. The minimum absolute atomic E-state index is 0.101. The maximum absolute atomic E-state index is 12.2. The summed E-state index contributed by atoms with van der Waals surface area (Å²) in [7, 11) is -2.96. The summed E-state index contributed by atoms with van der Waals surface area (Å²) in [5.74, 6) is 2.02. The fourth-order valence-corrected chi connectivity index (χ4v) is 5.94. The van der Waals surface area contributed by atoms with Crippen LogP contribution in [0.1, 0.15) is 26.7 Å². The number of sulfone groups is 1. The van der Waals surface area contributed by atoms with Crippen LogP contribution in [0, 0.1) is 0 Å². The van der Waals surface area contributed by atoms with E-state index in [0.29, 0.717) is 0 Å². The molecular weight excluding hydrogens is 268 g/mol. The molecule has 0 spiro atoms. The predicted molar refractivity (Wildman–Crippen MR) is 77.8 cm³/mol. The summed E-state index contributed by atoms with van der Waals surface area (Å²) in [6.45, 7) is 6.78. The molecule has 0 aromatic heterocycles. The molecule has 4 nitrogen and oxygen atoms in total. The second-order valence-electron chi connectivity index (χ2n) is 5.54. The molecule has 18 heavy (non-hydrogen) atoms. The molecule has 106 valence electrons. The van der Waals surface area contributed by atoms with E-state index in [0.717, 1.165) is 37.6 Å². The lowest BCUT2D eigenvalue weighted by molar-refractivity contribution is 0.200. The van der Waals surface area contributed by atoms with Crippen LogP contribution in [0.3, 0.4) is 0 Å². The number of thioether (sulfide) groups is 1. The maximum atomic E-state index is 12.2. The van der Waals surface area contributed by atoms with E-state index < -0.39 is 9.84 Å². The molecule has 2 atom stereocenters.